The first-order chi connectivity index (χ1) is 11.3. The summed E-state index contributed by atoms with van der Waals surface area (Å²) in [7, 11) is 0. The molecule has 0 amide bonds. The molecule has 0 atom stereocenters. The van der Waals surface area contributed by atoms with Crippen molar-refractivity contribution in [3.05, 3.63) is 52.8 Å². The number of allylic oxidation sites excluding steroid dienone is 1. The summed E-state index contributed by atoms with van der Waals surface area (Å²) in [4.78, 5) is 9.21. The van der Waals surface area contributed by atoms with E-state index >= 15 is 0 Å². The lowest BCUT2D eigenvalue weighted by Crippen LogP contribution is -2.28. The number of fused-ring (bicyclic) bond motifs is 1. The predicted molar refractivity (Wildman–Crippen MR) is 92.2 cm³/mol. The summed E-state index contributed by atoms with van der Waals surface area (Å²) in [5.41, 5.74) is 6.20. The zero-order valence-corrected chi connectivity index (χ0v) is 13.4. The Morgan fingerprint density at radius 3 is 2.83 bits per heavy atom. The molecule has 4 nitrogen and oxygen atoms in total. The van der Waals surface area contributed by atoms with Crippen molar-refractivity contribution >= 4 is 17.6 Å². The highest BCUT2D eigenvalue weighted by atomic mass is 16.5. The first-order valence-corrected chi connectivity index (χ1v) is 8.26. The van der Waals surface area contributed by atoms with Gasteiger partial charge in [0.2, 0.25) is 5.95 Å². The van der Waals surface area contributed by atoms with Gasteiger partial charge in [-0.25, -0.2) is 9.97 Å². The lowest BCUT2D eigenvalue weighted by molar-refractivity contribution is 0.0903. The van der Waals surface area contributed by atoms with Crippen molar-refractivity contribution in [1.29, 1.82) is 0 Å². The van der Waals surface area contributed by atoms with Crippen LogP contribution in [0.4, 0.5) is 5.95 Å². The molecule has 118 valence electrons. The highest BCUT2D eigenvalue weighted by molar-refractivity contribution is 5.88. The molecule has 0 bridgehead atoms. The summed E-state index contributed by atoms with van der Waals surface area (Å²) in [6.07, 6.45) is 7.12. The number of nitrogens with zero attached hydrogens (tertiary/aromatic N) is 2. The SMILES string of the molecule is Cc1ccccc1C1=Cc2nc(NC3CCOCC3)ncc2C1. The molecular weight excluding hydrogens is 286 g/mol. The predicted octanol–water partition coefficient (Wildman–Crippen LogP) is 3.47. The van der Waals surface area contributed by atoms with Gasteiger partial charge in [-0.3, -0.25) is 0 Å². The van der Waals surface area contributed by atoms with Gasteiger partial charge in [-0.2, -0.15) is 0 Å². The van der Waals surface area contributed by atoms with Crippen LogP contribution in [0.5, 0.6) is 0 Å². The number of hydrogen-bond acceptors (Lipinski definition) is 4. The molecule has 4 heteroatoms. The summed E-state index contributed by atoms with van der Waals surface area (Å²) in [5.74, 6) is 0.734. The average molecular weight is 307 g/mol. The zero-order valence-electron chi connectivity index (χ0n) is 13.4. The summed E-state index contributed by atoms with van der Waals surface area (Å²) >= 11 is 0. The number of anilines is 1. The third-order valence-electron chi connectivity index (χ3n) is 4.64. The van der Waals surface area contributed by atoms with Crippen molar-refractivity contribution in [1.82, 2.24) is 9.97 Å². The Balaban J connectivity index is 1.56. The third-order valence-corrected chi connectivity index (χ3v) is 4.64. The van der Waals surface area contributed by atoms with Crippen molar-refractivity contribution in [2.24, 2.45) is 0 Å². The summed E-state index contributed by atoms with van der Waals surface area (Å²) in [6, 6.07) is 8.93. The average Bonchev–Trinajstić information content (AvgIpc) is 2.99. The van der Waals surface area contributed by atoms with E-state index < -0.39 is 0 Å². The summed E-state index contributed by atoms with van der Waals surface area (Å²) in [6.45, 7) is 3.79. The van der Waals surface area contributed by atoms with Crippen LogP contribution in [0.15, 0.2) is 30.5 Å². The molecule has 1 aromatic heterocycles. The van der Waals surface area contributed by atoms with Gasteiger partial charge in [-0.15, -0.1) is 0 Å². The second-order valence-corrected chi connectivity index (χ2v) is 6.30. The first-order valence-electron chi connectivity index (χ1n) is 8.26. The molecule has 1 saturated heterocycles. The van der Waals surface area contributed by atoms with Gasteiger partial charge in [0.1, 0.15) is 0 Å². The fraction of sp³-hybridized carbons (Fsp3) is 0.368. The number of rotatable bonds is 3. The highest BCUT2D eigenvalue weighted by Gasteiger charge is 2.19. The van der Waals surface area contributed by atoms with Crippen LogP contribution in [0.3, 0.4) is 0 Å². The van der Waals surface area contributed by atoms with Crippen LogP contribution in [0.2, 0.25) is 0 Å². The lowest BCUT2D eigenvalue weighted by atomic mass is 9.99. The molecule has 2 aromatic rings. The fourth-order valence-corrected chi connectivity index (χ4v) is 3.30. The van der Waals surface area contributed by atoms with Crippen LogP contribution >= 0.6 is 0 Å². The van der Waals surface area contributed by atoms with Crippen LogP contribution in [0.1, 0.15) is 35.2 Å². The summed E-state index contributed by atoms with van der Waals surface area (Å²) < 4.78 is 5.40. The molecule has 0 radical (unpaired) electrons. The Kier molecular flexibility index (Phi) is 3.83. The molecule has 1 aliphatic carbocycles. The maximum Gasteiger partial charge on any atom is 0.223 e. The van der Waals surface area contributed by atoms with E-state index in [1.54, 1.807) is 0 Å². The van der Waals surface area contributed by atoms with E-state index in [2.05, 4.69) is 47.6 Å². The van der Waals surface area contributed by atoms with Crippen LogP contribution in [0, 0.1) is 6.92 Å². The van der Waals surface area contributed by atoms with Gasteiger partial charge in [0.25, 0.3) is 0 Å². The maximum absolute atomic E-state index is 5.40. The van der Waals surface area contributed by atoms with Crippen molar-refractivity contribution in [3.8, 4) is 0 Å². The van der Waals surface area contributed by atoms with Gasteiger partial charge in [0.15, 0.2) is 0 Å². The monoisotopic (exact) mass is 307 g/mol. The number of aryl methyl sites for hydroxylation is 1. The molecule has 1 aliphatic heterocycles. The fourth-order valence-electron chi connectivity index (χ4n) is 3.30. The maximum atomic E-state index is 5.40. The lowest BCUT2D eigenvalue weighted by Gasteiger charge is -2.23. The Labute approximate surface area is 136 Å². The minimum Gasteiger partial charge on any atom is -0.381 e. The van der Waals surface area contributed by atoms with Crippen molar-refractivity contribution in [2.45, 2.75) is 32.2 Å². The molecule has 1 aromatic carbocycles. The first kappa shape index (κ1) is 14.4. The van der Waals surface area contributed by atoms with E-state index in [1.807, 2.05) is 6.20 Å². The number of aromatic nitrogens is 2. The standard InChI is InChI=1S/C19H21N3O/c1-13-4-2-3-5-17(13)14-10-15-12-20-19(22-18(15)11-14)21-16-6-8-23-9-7-16/h2-5,11-12,16H,6-10H2,1H3,(H,20,21,22). The van der Waals surface area contributed by atoms with E-state index in [1.165, 1.54) is 22.3 Å². The topological polar surface area (TPSA) is 47.0 Å². The Bertz CT molecular complexity index is 748. The van der Waals surface area contributed by atoms with Crippen molar-refractivity contribution in [2.75, 3.05) is 18.5 Å². The van der Waals surface area contributed by atoms with E-state index in [-0.39, 0.29) is 0 Å². The Morgan fingerprint density at radius 2 is 2.00 bits per heavy atom. The van der Waals surface area contributed by atoms with E-state index in [9.17, 15) is 0 Å². The number of ether oxygens (including phenoxy) is 1. The van der Waals surface area contributed by atoms with E-state index in [0.29, 0.717) is 6.04 Å². The van der Waals surface area contributed by atoms with Gasteiger partial charge in [-0.1, -0.05) is 24.3 Å². The molecule has 23 heavy (non-hydrogen) atoms. The van der Waals surface area contributed by atoms with Gasteiger partial charge in [0, 0.05) is 37.4 Å². The van der Waals surface area contributed by atoms with Crippen molar-refractivity contribution in [3.63, 3.8) is 0 Å². The highest BCUT2D eigenvalue weighted by Crippen LogP contribution is 2.32. The van der Waals surface area contributed by atoms with E-state index in [4.69, 9.17) is 9.72 Å². The number of hydrogen-bond donors (Lipinski definition) is 1. The molecule has 1 N–H and O–H groups in total. The Hall–Kier alpha value is -2.20. The van der Waals surface area contributed by atoms with Crippen molar-refractivity contribution < 1.29 is 4.74 Å². The number of nitrogens with one attached hydrogen (secondary N) is 1. The molecule has 2 aliphatic rings. The molecule has 4 rings (SSSR count). The normalized spacial score (nSPS) is 17.7. The van der Waals surface area contributed by atoms with Gasteiger partial charge in [-0.05, 0) is 42.5 Å². The Morgan fingerprint density at radius 1 is 1.17 bits per heavy atom. The summed E-state index contributed by atoms with van der Waals surface area (Å²) in [5, 5.41) is 3.45. The third kappa shape index (κ3) is 2.99. The van der Waals surface area contributed by atoms with Crippen LogP contribution in [0.25, 0.3) is 11.6 Å². The van der Waals surface area contributed by atoms with Gasteiger partial charge in [0.05, 0.1) is 5.69 Å². The van der Waals surface area contributed by atoms with Gasteiger partial charge >= 0.3 is 0 Å². The van der Waals surface area contributed by atoms with Crippen LogP contribution < -0.4 is 5.32 Å². The quantitative estimate of drug-likeness (QED) is 0.943. The van der Waals surface area contributed by atoms with Gasteiger partial charge < -0.3 is 10.1 Å². The minimum absolute atomic E-state index is 0.419. The minimum atomic E-state index is 0.419. The molecular formula is C19H21N3O. The molecule has 0 unspecified atom stereocenters. The van der Waals surface area contributed by atoms with Crippen LogP contribution in [-0.2, 0) is 11.2 Å². The second-order valence-electron chi connectivity index (χ2n) is 6.30. The molecule has 1 fully saturated rings. The molecule has 2 heterocycles. The smallest absolute Gasteiger partial charge is 0.223 e. The molecule has 0 saturated carbocycles. The molecule has 0 spiro atoms. The second kappa shape index (κ2) is 6.13. The number of benzene rings is 1. The van der Waals surface area contributed by atoms with E-state index in [0.717, 1.165) is 44.1 Å². The zero-order chi connectivity index (χ0) is 15.6. The van der Waals surface area contributed by atoms with Crippen LogP contribution in [-0.4, -0.2) is 29.2 Å². The largest absolute Gasteiger partial charge is 0.381 e.